The van der Waals surface area contributed by atoms with E-state index in [1.165, 1.54) is 0 Å². The number of halogens is 1. The lowest BCUT2D eigenvalue weighted by molar-refractivity contribution is 0.383. The summed E-state index contributed by atoms with van der Waals surface area (Å²) in [7, 11) is 0. The third-order valence-corrected chi connectivity index (χ3v) is 3.28. The smallest absolute Gasteiger partial charge is 0.248 e. The molecule has 1 heterocycles. The number of aromatic nitrogens is 2. The zero-order valence-electron chi connectivity index (χ0n) is 11.6. The lowest BCUT2D eigenvalue weighted by atomic mass is 10.1. The Morgan fingerprint density at radius 3 is 2.68 bits per heavy atom. The fourth-order valence-electron chi connectivity index (χ4n) is 1.58. The summed E-state index contributed by atoms with van der Waals surface area (Å²) in [4.78, 5) is 0. The largest absolute Gasteiger partial charge is 0.419 e. The molecule has 1 N–H and O–H groups in total. The molecule has 0 amide bonds. The van der Waals surface area contributed by atoms with Crippen LogP contribution in [-0.2, 0) is 6.54 Å². The molecule has 0 unspecified atom stereocenters. The van der Waals surface area contributed by atoms with Crippen LogP contribution in [0.2, 0.25) is 0 Å². The highest BCUT2D eigenvalue weighted by Crippen LogP contribution is 2.28. The maximum atomic E-state index is 5.69. The predicted molar refractivity (Wildman–Crippen MR) is 78.8 cm³/mol. The van der Waals surface area contributed by atoms with Gasteiger partial charge in [0.25, 0.3) is 0 Å². The molecule has 2 rings (SSSR count). The van der Waals surface area contributed by atoms with Gasteiger partial charge in [0, 0.05) is 10.0 Å². The molecule has 0 atom stereocenters. The number of hydrogen-bond acceptors (Lipinski definition) is 4. The number of benzene rings is 1. The number of rotatable bonds is 3. The van der Waals surface area contributed by atoms with E-state index in [0.717, 1.165) is 15.6 Å². The van der Waals surface area contributed by atoms with Crippen LogP contribution in [0, 0.1) is 6.92 Å². The van der Waals surface area contributed by atoms with Crippen LogP contribution in [0.4, 0.5) is 0 Å². The van der Waals surface area contributed by atoms with Crippen LogP contribution in [0.5, 0.6) is 0 Å². The number of nitrogens with zero attached hydrogens (tertiary/aromatic N) is 2. The van der Waals surface area contributed by atoms with Crippen molar-refractivity contribution in [2.45, 2.75) is 39.8 Å². The van der Waals surface area contributed by atoms with Crippen LogP contribution in [0.1, 0.15) is 32.2 Å². The third-order valence-electron chi connectivity index (χ3n) is 2.59. The fourth-order valence-corrected chi connectivity index (χ4v) is 1.99. The molecule has 19 heavy (non-hydrogen) atoms. The molecule has 0 radical (unpaired) electrons. The van der Waals surface area contributed by atoms with Crippen LogP contribution in [0.15, 0.2) is 27.1 Å². The third kappa shape index (κ3) is 3.88. The minimum atomic E-state index is 0.0263. The van der Waals surface area contributed by atoms with E-state index in [9.17, 15) is 0 Å². The molecule has 5 heteroatoms. The first-order valence-electron chi connectivity index (χ1n) is 6.19. The lowest BCUT2D eigenvalue weighted by Crippen LogP contribution is -2.35. The Kier molecular flexibility index (Phi) is 4.06. The summed E-state index contributed by atoms with van der Waals surface area (Å²) in [5.74, 6) is 1.14. The van der Waals surface area contributed by atoms with Crippen molar-refractivity contribution in [1.82, 2.24) is 15.5 Å². The van der Waals surface area contributed by atoms with E-state index in [-0.39, 0.29) is 5.54 Å². The van der Waals surface area contributed by atoms with Crippen molar-refractivity contribution in [2.24, 2.45) is 0 Å². The molecular weight excluding hydrogens is 306 g/mol. The molecule has 1 aromatic heterocycles. The van der Waals surface area contributed by atoms with Crippen LogP contribution < -0.4 is 5.32 Å². The molecule has 0 aliphatic carbocycles. The average Bonchev–Trinajstić information content (AvgIpc) is 2.77. The first-order valence-corrected chi connectivity index (χ1v) is 6.98. The molecule has 0 spiro atoms. The van der Waals surface area contributed by atoms with Gasteiger partial charge in [-0.05, 0) is 55.8 Å². The summed E-state index contributed by atoms with van der Waals surface area (Å²) in [6.45, 7) is 8.90. The first kappa shape index (κ1) is 14.2. The highest BCUT2D eigenvalue weighted by atomic mass is 79.9. The minimum absolute atomic E-state index is 0.0263. The molecule has 1 aromatic carbocycles. The molecule has 0 fully saturated rings. The Labute approximate surface area is 121 Å². The van der Waals surface area contributed by atoms with Crippen LogP contribution >= 0.6 is 15.9 Å². The molecule has 0 bridgehead atoms. The van der Waals surface area contributed by atoms with Gasteiger partial charge >= 0.3 is 0 Å². The van der Waals surface area contributed by atoms with E-state index in [0.29, 0.717) is 18.3 Å². The van der Waals surface area contributed by atoms with Crippen molar-refractivity contribution >= 4 is 15.9 Å². The second-order valence-corrected chi connectivity index (χ2v) is 6.44. The Bertz CT molecular complexity index is 572. The predicted octanol–water partition coefficient (Wildman–Crippen LogP) is 3.70. The maximum Gasteiger partial charge on any atom is 0.248 e. The Balaban J connectivity index is 2.19. The maximum absolute atomic E-state index is 5.69. The van der Waals surface area contributed by atoms with E-state index in [2.05, 4.69) is 52.2 Å². The van der Waals surface area contributed by atoms with Gasteiger partial charge in [0.05, 0.1) is 12.1 Å². The van der Waals surface area contributed by atoms with Gasteiger partial charge < -0.3 is 9.73 Å². The molecular formula is C14H18BrN3O. The summed E-state index contributed by atoms with van der Waals surface area (Å²) in [6.07, 6.45) is 0. The van der Waals surface area contributed by atoms with E-state index in [1.807, 2.05) is 25.1 Å². The summed E-state index contributed by atoms with van der Waals surface area (Å²) >= 11 is 3.50. The number of nitrogens with one attached hydrogen (secondary N) is 1. The summed E-state index contributed by atoms with van der Waals surface area (Å²) in [6, 6.07) is 6.05. The standard InChI is InChI=1S/C14H18BrN3O/c1-9-5-6-11(15)10(7-9)13-18-17-12(19-13)8-16-14(2,3)4/h5-7,16H,8H2,1-4H3. The summed E-state index contributed by atoms with van der Waals surface area (Å²) < 4.78 is 6.64. The first-order chi connectivity index (χ1) is 8.85. The van der Waals surface area contributed by atoms with Gasteiger partial charge in [0.2, 0.25) is 11.8 Å². The Morgan fingerprint density at radius 2 is 2.00 bits per heavy atom. The van der Waals surface area contributed by atoms with Crippen molar-refractivity contribution in [3.8, 4) is 11.5 Å². The second kappa shape index (κ2) is 5.43. The van der Waals surface area contributed by atoms with E-state index < -0.39 is 0 Å². The molecule has 0 aliphatic heterocycles. The zero-order chi connectivity index (χ0) is 14.0. The van der Waals surface area contributed by atoms with Crippen molar-refractivity contribution in [3.63, 3.8) is 0 Å². The van der Waals surface area contributed by atoms with Crippen LogP contribution in [0.3, 0.4) is 0 Å². The fraction of sp³-hybridized carbons (Fsp3) is 0.429. The highest BCUT2D eigenvalue weighted by molar-refractivity contribution is 9.10. The number of aryl methyl sites for hydroxylation is 1. The van der Waals surface area contributed by atoms with Gasteiger partial charge in [-0.15, -0.1) is 10.2 Å². The monoisotopic (exact) mass is 323 g/mol. The highest BCUT2D eigenvalue weighted by Gasteiger charge is 2.14. The normalized spacial score (nSPS) is 11.8. The number of hydrogen-bond donors (Lipinski definition) is 1. The van der Waals surface area contributed by atoms with E-state index in [4.69, 9.17) is 4.42 Å². The van der Waals surface area contributed by atoms with Crippen molar-refractivity contribution < 1.29 is 4.42 Å². The summed E-state index contributed by atoms with van der Waals surface area (Å²) in [5, 5.41) is 11.5. The molecule has 4 nitrogen and oxygen atoms in total. The van der Waals surface area contributed by atoms with Crippen molar-refractivity contribution in [1.29, 1.82) is 0 Å². The topological polar surface area (TPSA) is 51.0 Å². The zero-order valence-corrected chi connectivity index (χ0v) is 13.2. The molecule has 2 aromatic rings. The van der Waals surface area contributed by atoms with Gasteiger partial charge in [0.15, 0.2) is 0 Å². The minimum Gasteiger partial charge on any atom is -0.419 e. The van der Waals surface area contributed by atoms with Crippen molar-refractivity contribution in [2.75, 3.05) is 0 Å². The molecule has 102 valence electrons. The van der Waals surface area contributed by atoms with Gasteiger partial charge in [-0.25, -0.2) is 0 Å². The average molecular weight is 324 g/mol. The Hall–Kier alpha value is -1.20. The molecule has 0 saturated heterocycles. The molecule has 0 aliphatic rings. The van der Waals surface area contributed by atoms with Crippen molar-refractivity contribution in [3.05, 3.63) is 34.1 Å². The summed E-state index contributed by atoms with van der Waals surface area (Å²) in [5.41, 5.74) is 2.11. The van der Waals surface area contributed by atoms with Crippen LogP contribution in [-0.4, -0.2) is 15.7 Å². The van der Waals surface area contributed by atoms with E-state index >= 15 is 0 Å². The molecule has 0 saturated carbocycles. The lowest BCUT2D eigenvalue weighted by Gasteiger charge is -2.18. The van der Waals surface area contributed by atoms with Crippen LogP contribution in [0.25, 0.3) is 11.5 Å². The van der Waals surface area contributed by atoms with Gasteiger partial charge in [-0.1, -0.05) is 11.6 Å². The second-order valence-electron chi connectivity index (χ2n) is 5.59. The van der Waals surface area contributed by atoms with Gasteiger partial charge in [0.1, 0.15) is 0 Å². The Morgan fingerprint density at radius 1 is 1.26 bits per heavy atom. The SMILES string of the molecule is Cc1ccc(Br)c(-c2nnc(CNC(C)(C)C)o2)c1. The quantitative estimate of drug-likeness (QED) is 0.935. The van der Waals surface area contributed by atoms with Gasteiger partial charge in [-0.3, -0.25) is 0 Å². The van der Waals surface area contributed by atoms with E-state index in [1.54, 1.807) is 0 Å². The van der Waals surface area contributed by atoms with Gasteiger partial charge in [-0.2, -0.15) is 0 Å².